The van der Waals surface area contributed by atoms with Crippen molar-refractivity contribution in [3.8, 4) is 11.5 Å². The molecule has 1 aromatic heterocycles. The van der Waals surface area contributed by atoms with E-state index in [1.807, 2.05) is 0 Å². The Balaban J connectivity index is 1.58. The van der Waals surface area contributed by atoms with Gasteiger partial charge in [0.25, 0.3) is 0 Å². The van der Waals surface area contributed by atoms with Gasteiger partial charge in [0, 0.05) is 37.2 Å². The average molecular weight is 403 g/mol. The van der Waals surface area contributed by atoms with Crippen molar-refractivity contribution < 1.29 is 28.9 Å². The fourth-order valence-corrected chi connectivity index (χ4v) is 3.82. The molecule has 0 bridgehead atoms. The number of hydrogen-bond donors (Lipinski definition) is 2. The lowest BCUT2D eigenvalue weighted by molar-refractivity contribution is -0.0229. The van der Waals surface area contributed by atoms with Gasteiger partial charge < -0.3 is 29.0 Å². The number of fused-ring (bicyclic) bond motifs is 2. The first-order chi connectivity index (χ1) is 13.7. The fourth-order valence-electron chi connectivity index (χ4n) is 3.82. The normalized spacial score (nSPS) is 19.1. The van der Waals surface area contributed by atoms with Crippen LogP contribution in [-0.2, 0) is 17.8 Å². The van der Waals surface area contributed by atoms with Crippen LogP contribution in [0.1, 0.15) is 44.4 Å². The van der Waals surface area contributed by atoms with Gasteiger partial charge in [0.2, 0.25) is 0 Å². The molecule has 1 saturated heterocycles. The zero-order valence-electron chi connectivity index (χ0n) is 16.6. The molecule has 0 saturated carbocycles. The molecule has 156 valence electrons. The number of phenolic OH excluding ortho intramolecular Hbond substituents is 1. The summed E-state index contributed by atoms with van der Waals surface area (Å²) in [4.78, 5) is 26.4. The number of likely N-dealkylation sites (tertiary alicyclic amines) is 1. The molecule has 8 nitrogen and oxygen atoms in total. The second-order valence-electron chi connectivity index (χ2n) is 8.22. The lowest BCUT2D eigenvalue weighted by Crippen LogP contribution is -2.39. The molecule has 1 atom stereocenters. The Hall–Kier alpha value is -2.74. The number of aliphatic hydroxyl groups is 1. The van der Waals surface area contributed by atoms with E-state index in [2.05, 4.69) is 0 Å². The third kappa shape index (κ3) is 3.76. The zero-order chi connectivity index (χ0) is 20.8. The van der Waals surface area contributed by atoms with Gasteiger partial charge in [-0.15, -0.1) is 0 Å². The molecule has 3 heterocycles. The highest BCUT2D eigenvalue weighted by atomic mass is 16.6. The molecule has 8 heteroatoms. The summed E-state index contributed by atoms with van der Waals surface area (Å²) >= 11 is 0. The smallest absolute Gasteiger partial charge is 0.410 e. The molecule has 1 aromatic carbocycles. The van der Waals surface area contributed by atoms with Crippen molar-refractivity contribution in [1.82, 2.24) is 4.90 Å². The first-order valence-electron chi connectivity index (χ1n) is 9.86. The maximum Gasteiger partial charge on any atom is 0.410 e. The second kappa shape index (κ2) is 7.26. The topological polar surface area (TPSA) is 109 Å². The number of carbonyl (C=O) groups excluding carboxylic acids is 1. The van der Waals surface area contributed by atoms with Gasteiger partial charge in [0.05, 0.1) is 5.60 Å². The van der Waals surface area contributed by atoms with E-state index in [0.29, 0.717) is 24.4 Å². The molecule has 1 amide bonds. The van der Waals surface area contributed by atoms with Gasteiger partial charge in [-0.25, -0.2) is 4.79 Å². The Morgan fingerprint density at radius 2 is 2.00 bits per heavy atom. The third-order valence-electron chi connectivity index (χ3n) is 5.51. The lowest BCUT2D eigenvalue weighted by Gasteiger charge is -2.25. The Kier molecular flexibility index (Phi) is 4.90. The van der Waals surface area contributed by atoms with Crippen LogP contribution < -0.4 is 10.2 Å². The summed E-state index contributed by atoms with van der Waals surface area (Å²) in [5, 5.41) is 20.9. The maximum atomic E-state index is 12.6. The summed E-state index contributed by atoms with van der Waals surface area (Å²) in [6, 6.07) is 2.76. The van der Waals surface area contributed by atoms with E-state index < -0.39 is 23.2 Å². The predicted molar refractivity (Wildman–Crippen MR) is 104 cm³/mol. The number of piperidine rings is 1. The third-order valence-corrected chi connectivity index (χ3v) is 5.51. The summed E-state index contributed by atoms with van der Waals surface area (Å²) in [7, 11) is 0. The number of phenols is 1. The lowest BCUT2D eigenvalue weighted by atomic mass is 9.96. The quantitative estimate of drug-likeness (QED) is 0.811. The van der Waals surface area contributed by atoms with Crippen molar-refractivity contribution in [3.63, 3.8) is 0 Å². The Morgan fingerprint density at radius 3 is 2.69 bits per heavy atom. The summed E-state index contributed by atoms with van der Waals surface area (Å²) < 4.78 is 16.7. The maximum absolute atomic E-state index is 12.6. The Bertz CT molecular complexity index is 999. The molecule has 4 rings (SSSR count). The van der Waals surface area contributed by atoms with E-state index >= 15 is 0 Å². The number of ether oxygens (including phenoxy) is 2. The summed E-state index contributed by atoms with van der Waals surface area (Å²) in [5.74, 6) is 0.354. The average Bonchev–Trinajstić information content (AvgIpc) is 3.11. The molecule has 0 radical (unpaired) electrons. The van der Waals surface area contributed by atoms with Crippen molar-refractivity contribution in [2.24, 2.45) is 0 Å². The molecule has 2 aliphatic rings. The monoisotopic (exact) mass is 403 g/mol. The van der Waals surface area contributed by atoms with Crippen LogP contribution in [0.15, 0.2) is 21.3 Å². The zero-order valence-corrected chi connectivity index (χ0v) is 16.6. The van der Waals surface area contributed by atoms with Crippen LogP contribution in [0.3, 0.4) is 0 Å². The SMILES string of the molecule is CC(C)(O)C1Cc2c(cc3oc(COC(=O)N4CCCCC4)cc(=O)c3c2O)O1. The van der Waals surface area contributed by atoms with E-state index in [1.54, 1.807) is 18.7 Å². The van der Waals surface area contributed by atoms with Crippen LogP contribution in [0.5, 0.6) is 11.5 Å². The molecular formula is C21H25NO7. The van der Waals surface area contributed by atoms with Crippen LogP contribution in [0.25, 0.3) is 11.0 Å². The number of hydrogen-bond acceptors (Lipinski definition) is 7. The molecule has 2 aliphatic heterocycles. The molecule has 1 fully saturated rings. The first kappa shape index (κ1) is 19.6. The fraction of sp³-hybridized carbons (Fsp3) is 0.524. The molecule has 2 aromatic rings. The van der Waals surface area contributed by atoms with Gasteiger partial charge in [-0.1, -0.05) is 0 Å². The van der Waals surface area contributed by atoms with E-state index in [1.165, 1.54) is 12.1 Å². The number of amides is 1. The van der Waals surface area contributed by atoms with Crippen molar-refractivity contribution in [1.29, 1.82) is 0 Å². The number of benzene rings is 1. The predicted octanol–water partition coefficient (Wildman–Crippen LogP) is 2.70. The van der Waals surface area contributed by atoms with Crippen LogP contribution in [0.2, 0.25) is 0 Å². The standard InChI is InChI=1S/C21H25NO7/c1-21(2,26)17-9-13-15(29-17)10-16-18(19(13)24)14(23)8-12(28-16)11-27-20(25)22-6-4-3-5-7-22/h8,10,17,24,26H,3-7,9,11H2,1-2H3. The van der Waals surface area contributed by atoms with E-state index in [-0.39, 0.29) is 35.5 Å². The van der Waals surface area contributed by atoms with E-state index in [0.717, 1.165) is 19.3 Å². The first-order valence-corrected chi connectivity index (χ1v) is 9.86. The highest BCUT2D eigenvalue weighted by Crippen LogP contribution is 2.42. The van der Waals surface area contributed by atoms with Crippen molar-refractivity contribution in [2.45, 2.75) is 57.8 Å². The summed E-state index contributed by atoms with van der Waals surface area (Å²) in [5.41, 5.74) is -0.916. The van der Waals surface area contributed by atoms with Gasteiger partial charge in [-0.05, 0) is 33.1 Å². The second-order valence-corrected chi connectivity index (χ2v) is 8.22. The van der Waals surface area contributed by atoms with E-state index in [4.69, 9.17) is 13.9 Å². The minimum Gasteiger partial charge on any atom is -0.507 e. The Morgan fingerprint density at radius 1 is 1.28 bits per heavy atom. The molecule has 1 unspecified atom stereocenters. The van der Waals surface area contributed by atoms with Crippen LogP contribution in [-0.4, -0.2) is 46.0 Å². The molecule has 29 heavy (non-hydrogen) atoms. The molecule has 0 aliphatic carbocycles. The van der Waals surface area contributed by atoms with Crippen LogP contribution >= 0.6 is 0 Å². The van der Waals surface area contributed by atoms with E-state index in [9.17, 15) is 19.8 Å². The van der Waals surface area contributed by atoms with Gasteiger partial charge >= 0.3 is 6.09 Å². The molecule has 2 N–H and O–H groups in total. The van der Waals surface area contributed by atoms with Gasteiger partial charge in [-0.3, -0.25) is 4.79 Å². The van der Waals surface area contributed by atoms with Gasteiger partial charge in [-0.2, -0.15) is 0 Å². The van der Waals surface area contributed by atoms with Gasteiger partial charge in [0.1, 0.15) is 34.3 Å². The minimum atomic E-state index is -1.11. The number of rotatable bonds is 3. The molecule has 0 spiro atoms. The largest absolute Gasteiger partial charge is 0.507 e. The number of nitrogens with zero attached hydrogens (tertiary/aromatic N) is 1. The van der Waals surface area contributed by atoms with Crippen LogP contribution in [0, 0.1) is 0 Å². The highest BCUT2D eigenvalue weighted by molar-refractivity contribution is 5.87. The van der Waals surface area contributed by atoms with Crippen molar-refractivity contribution >= 4 is 17.1 Å². The molecular weight excluding hydrogens is 378 g/mol. The van der Waals surface area contributed by atoms with Gasteiger partial charge in [0.15, 0.2) is 12.0 Å². The van der Waals surface area contributed by atoms with Crippen LogP contribution in [0.4, 0.5) is 4.79 Å². The minimum absolute atomic E-state index is 0.0508. The Labute approximate surface area is 167 Å². The summed E-state index contributed by atoms with van der Waals surface area (Å²) in [6.45, 7) is 4.41. The van der Waals surface area contributed by atoms with Crippen molar-refractivity contribution in [2.75, 3.05) is 13.1 Å². The number of aromatic hydroxyl groups is 1. The number of carbonyl (C=O) groups is 1. The summed E-state index contributed by atoms with van der Waals surface area (Å²) in [6.07, 6.45) is 2.33. The highest BCUT2D eigenvalue weighted by Gasteiger charge is 2.37. The van der Waals surface area contributed by atoms with Crippen molar-refractivity contribution in [3.05, 3.63) is 33.7 Å².